The summed E-state index contributed by atoms with van der Waals surface area (Å²) in [6, 6.07) is 7.82. The maximum atomic E-state index is 4.98. The van der Waals surface area contributed by atoms with Crippen molar-refractivity contribution in [1.82, 2.24) is 45.1 Å². The van der Waals surface area contributed by atoms with Crippen LogP contribution in [-0.4, -0.2) is 45.1 Å². The van der Waals surface area contributed by atoms with Crippen LogP contribution in [0.5, 0.6) is 0 Å². The molecule has 0 unspecified atom stereocenters. The van der Waals surface area contributed by atoms with E-state index < -0.39 is 0 Å². The Balaban J connectivity index is 0.000000313. The van der Waals surface area contributed by atoms with Crippen LogP contribution in [-0.2, 0) is 0 Å². The summed E-state index contributed by atoms with van der Waals surface area (Å²) in [5, 5.41) is 10.3. The summed E-state index contributed by atoms with van der Waals surface area (Å²) in [6.45, 7) is 29.5. The molecule has 0 bridgehead atoms. The highest BCUT2D eigenvalue weighted by atomic mass is 32.1. The lowest BCUT2D eigenvalue weighted by Crippen LogP contribution is -1.93. The van der Waals surface area contributed by atoms with Crippen molar-refractivity contribution in [2.75, 3.05) is 0 Å². The minimum absolute atomic E-state index is 0.407. The molecule has 52 heavy (non-hydrogen) atoms. The molecule has 0 saturated heterocycles. The van der Waals surface area contributed by atoms with E-state index >= 15 is 0 Å². The first-order chi connectivity index (χ1) is 24.6. The van der Waals surface area contributed by atoms with Gasteiger partial charge >= 0.3 is 0 Å². The van der Waals surface area contributed by atoms with E-state index in [-0.39, 0.29) is 0 Å². The SMILES string of the molecule is CC(C)c1ccccn1.CC(C)c1ncc[nH]1.CC(C)c1ncccn1.CC(C)c1ncco1.CC(C)c1nccs1.Cc1n[nH]c(C)c1C(C)C. The van der Waals surface area contributed by atoms with Gasteiger partial charge in [0.2, 0.25) is 0 Å². The largest absolute Gasteiger partial charge is 0.449 e. The van der Waals surface area contributed by atoms with E-state index in [0.717, 1.165) is 28.9 Å². The lowest BCUT2D eigenvalue weighted by Gasteiger charge is -2.02. The number of imidazole rings is 1. The molecule has 6 heterocycles. The number of aromatic nitrogens is 9. The van der Waals surface area contributed by atoms with Gasteiger partial charge in [0.15, 0.2) is 5.89 Å². The average molecular weight is 730 g/mol. The van der Waals surface area contributed by atoms with Gasteiger partial charge in [0.25, 0.3) is 0 Å². The van der Waals surface area contributed by atoms with Gasteiger partial charge < -0.3 is 9.40 Å². The predicted octanol–water partition coefficient (Wildman–Crippen LogP) is 11.6. The molecule has 0 aliphatic carbocycles. The normalized spacial score (nSPS) is 10.4. The topological polar surface area (TPSA) is 135 Å². The molecule has 284 valence electrons. The minimum atomic E-state index is 0.407. The fourth-order valence-electron chi connectivity index (χ4n) is 4.37. The number of nitrogens with one attached hydrogen (secondary N) is 2. The van der Waals surface area contributed by atoms with E-state index in [9.17, 15) is 0 Å². The van der Waals surface area contributed by atoms with Gasteiger partial charge in [-0.3, -0.25) is 10.1 Å². The molecule has 0 atom stereocenters. The molecule has 0 saturated carbocycles. The quantitative estimate of drug-likeness (QED) is 0.173. The van der Waals surface area contributed by atoms with Crippen molar-refractivity contribution < 1.29 is 4.42 Å². The van der Waals surface area contributed by atoms with Crippen LogP contribution >= 0.6 is 11.3 Å². The monoisotopic (exact) mass is 729 g/mol. The number of aryl methyl sites for hydroxylation is 2. The van der Waals surface area contributed by atoms with Crippen molar-refractivity contribution in [3.63, 3.8) is 0 Å². The van der Waals surface area contributed by atoms with Gasteiger partial charge in [0.1, 0.15) is 17.9 Å². The molecule has 6 aromatic rings. The zero-order chi connectivity index (χ0) is 39.1. The third kappa shape index (κ3) is 18.6. The highest BCUT2D eigenvalue weighted by Gasteiger charge is 2.08. The Hall–Kier alpha value is -4.51. The second-order valence-electron chi connectivity index (χ2n) is 13.9. The van der Waals surface area contributed by atoms with Crippen molar-refractivity contribution >= 4 is 11.3 Å². The Kier molecular flexibility index (Phi) is 22.3. The molecular weight excluding hydrogens is 667 g/mol. The van der Waals surface area contributed by atoms with Gasteiger partial charge in [-0.25, -0.2) is 24.9 Å². The molecular formula is C41H63N9OS. The minimum Gasteiger partial charge on any atom is -0.449 e. The third-order valence-electron chi connectivity index (χ3n) is 7.10. The maximum Gasteiger partial charge on any atom is 0.196 e. The molecule has 6 rings (SSSR count). The summed E-state index contributed by atoms with van der Waals surface area (Å²) < 4.78 is 4.98. The van der Waals surface area contributed by atoms with Crippen LogP contribution in [0.4, 0.5) is 0 Å². The summed E-state index contributed by atoms with van der Waals surface area (Å²) in [5.74, 6) is 5.87. The van der Waals surface area contributed by atoms with Crippen molar-refractivity contribution in [2.24, 2.45) is 0 Å². The summed E-state index contributed by atoms with van der Waals surface area (Å²) in [6.07, 6.45) is 14.1. The fourth-order valence-corrected chi connectivity index (χ4v) is 5.02. The van der Waals surface area contributed by atoms with Crippen LogP contribution in [0.3, 0.4) is 0 Å². The van der Waals surface area contributed by atoms with Crippen LogP contribution < -0.4 is 0 Å². The summed E-state index contributed by atoms with van der Waals surface area (Å²) in [5.41, 5.74) is 4.86. The molecule has 0 aliphatic heterocycles. The molecule has 6 aromatic heterocycles. The summed E-state index contributed by atoms with van der Waals surface area (Å²) in [7, 11) is 0. The Bertz CT molecular complexity index is 1490. The van der Waals surface area contributed by atoms with E-state index in [4.69, 9.17) is 4.42 Å². The van der Waals surface area contributed by atoms with Crippen LogP contribution in [0.1, 0.15) is 164 Å². The number of thiazole rings is 1. The van der Waals surface area contributed by atoms with Crippen molar-refractivity contribution in [3.8, 4) is 0 Å². The Labute approximate surface area is 316 Å². The van der Waals surface area contributed by atoms with E-state index in [1.807, 2.05) is 69.0 Å². The number of pyridine rings is 1. The van der Waals surface area contributed by atoms with Gasteiger partial charge in [-0.1, -0.05) is 89.2 Å². The first kappa shape index (κ1) is 45.5. The molecule has 0 fully saturated rings. The molecule has 11 heteroatoms. The number of hydrogen-bond donors (Lipinski definition) is 2. The van der Waals surface area contributed by atoms with Crippen molar-refractivity contribution in [2.45, 2.75) is 132 Å². The van der Waals surface area contributed by atoms with Crippen LogP contribution in [0.25, 0.3) is 0 Å². The molecule has 0 aromatic carbocycles. The van der Waals surface area contributed by atoms with E-state index in [2.05, 4.69) is 121 Å². The first-order valence-corrected chi connectivity index (χ1v) is 19.0. The molecule has 2 N–H and O–H groups in total. The highest BCUT2D eigenvalue weighted by molar-refractivity contribution is 7.09. The van der Waals surface area contributed by atoms with Gasteiger partial charge in [-0.05, 0) is 49.4 Å². The number of rotatable bonds is 6. The Morgan fingerprint density at radius 2 is 1.27 bits per heavy atom. The summed E-state index contributed by atoms with van der Waals surface area (Å²) in [4.78, 5) is 27.5. The Morgan fingerprint density at radius 1 is 0.596 bits per heavy atom. The van der Waals surface area contributed by atoms with Crippen LogP contribution in [0, 0.1) is 13.8 Å². The van der Waals surface area contributed by atoms with Gasteiger partial charge in [0, 0.05) is 77.6 Å². The second kappa shape index (κ2) is 25.4. The maximum absolute atomic E-state index is 4.98. The smallest absolute Gasteiger partial charge is 0.196 e. The van der Waals surface area contributed by atoms with Crippen molar-refractivity contribution in [1.29, 1.82) is 0 Å². The zero-order valence-corrected chi connectivity index (χ0v) is 34.7. The Morgan fingerprint density at radius 3 is 1.54 bits per heavy atom. The van der Waals surface area contributed by atoms with E-state index in [0.29, 0.717) is 35.5 Å². The van der Waals surface area contributed by atoms with E-state index in [1.54, 1.807) is 42.4 Å². The van der Waals surface area contributed by atoms with Crippen LogP contribution in [0.15, 0.2) is 83.7 Å². The number of oxazole rings is 1. The van der Waals surface area contributed by atoms with Gasteiger partial charge in [-0.2, -0.15) is 5.10 Å². The zero-order valence-electron chi connectivity index (χ0n) is 33.9. The number of hydrogen-bond acceptors (Lipinski definition) is 9. The summed E-state index contributed by atoms with van der Waals surface area (Å²) >= 11 is 1.72. The highest BCUT2D eigenvalue weighted by Crippen LogP contribution is 2.20. The fraction of sp³-hybridized carbons (Fsp3) is 0.488. The van der Waals surface area contributed by atoms with E-state index in [1.165, 1.54) is 16.3 Å². The average Bonchev–Trinajstić information content (AvgIpc) is 3.96. The number of H-pyrrole nitrogens is 2. The molecule has 0 radical (unpaired) electrons. The molecule has 0 aliphatic rings. The standard InChI is InChI=1S/C8H14N2.C8H11N.C7H10N2.C6H10N2.C6H9NO.C6H9NS/c1-5(2)8-6(3)9-10-7(8)4;1-7(2)8-5-3-4-6-9-8;1-6(2)7-8-4-3-5-9-7;3*1-5(2)6-7-3-4-8-6/h5H,1-4H3,(H,9,10);3-7H,1-2H3;3-6H,1-2H3;3-5H,1-2H3,(H,7,8);2*3-5H,1-2H3. The molecule has 10 nitrogen and oxygen atoms in total. The molecule has 0 amide bonds. The van der Waals surface area contributed by atoms with Gasteiger partial charge in [0.05, 0.1) is 16.9 Å². The lowest BCUT2D eigenvalue weighted by atomic mass is 10.0. The van der Waals surface area contributed by atoms with Crippen LogP contribution in [0.2, 0.25) is 0 Å². The van der Waals surface area contributed by atoms with Gasteiger partial charge in [-0.15, -0.1) is 11.3 Å². The number of nitrogens with zero attached hydrogens (tertiary/aromatic N) is 7. The molecule has 0 spiro atoms. The predicted molar refractivity (Wildman–Crippen MR) is 216 cm³/mol. The number of aromatic amines is 2. The second-order valence-corrected chi connectivity index (χ2v) is 14.8. The third-order valence-corrected chi connectivity index (χ3v) is 8.18. The van der Waals surface area contributed by atoms with Crippen molar-refractivity contribution in [3.05, 3.63) is 124 Å². The first-order valence-electron chi connectivity index (χ1n) is 18.1. The lowest BCUT2D eigenvalue weighted by molar-refractivity contribution is 0.471.